The lowest BCUT2D eigenvalue weighted by Crippen LogP contribution is -2.68. The van der Waals surface area contributed by atoms with Crippen LogP contribution in [0.1, 0.15) is 20.8 Å². The van der Waals surface area contributed by atoms with Crippen molar-refractivity contribution in [3.63, 3.8) is 0 Å². The van der Waals surface area contributed by atoms with Gasteiger partial charge in [-0.15, -0.1) is 13.2 Å². The minimum Gasteiger partial charge on any atom is -0.463 e. The summed E-state index contributed by atoms with van der Waals surface area (Å²) in [5.41, 5.74) is 5.67. The summed E-state index contributed by atoms with van der Waals surface area (Å²) in [7, 11) is 0. The van der Waals surface area contributed by atoms with E-state index in [0.29, 0.717) is 0 Å². The first kappa shape index (κ1) is 44.4. The van der Waals surface area contributed by atoms with Crippen molar-refractivity contribution in [2.75, 3.05) is 19.8 Å². The zero-order chi connectivity index (χ0) is 40.2. The van der Waals surface area contributed by atoms with Crippen LogP contribution in [0.2, 0.25) is 0 Å². The Morgan fingerprint density at radius 1 is 0.852 bits per heavy atom. The Bertz CT molecular complexity index is 1510. The monoisotopic (exact) mass is 824 g/mol. The average molecular weight is 826 g/mol. The van der Waals surface area contributed by atoms with Crippen LogP contribution in [0.4, 0.5) is 4.79 Å². The summed E-state index contributed by atoms with van der Waals surface area (Å²) in [6.45, 7) is 9.25. The molecule has 0 radical (unpaired) electrons. The molecule has 10 atom stereocenters. The third kappa shape index (κ3) is 12.8. The lowest BCUT2D eigenvalue weighted by atomic mass is 9.95. The number of nitrogens with two attached hydrogens (primary N) is 1. The van der Waals surface area contributed by atoms with Crippen molar-refractivity contribution in [1.29, 1.82) is 0 Å². The summed E-state index contributed by atoms with van der Waals surface area (Å²) >= 11 is 17.6. The Labute approximate surface area is 324 Å². The Balaban J connectivity index is 2.19. The highest BCUT2D eigenvalue weighted by Crippen LogP contribution is 2.36. The van der Waals surface area contributed by atoms with Gasteiger partial charge in [0, 0.05) is 20.8 Å². The summed E-state index contributed by atoms with van der Waals surface area (Å²) in [6, 6.07) is 6.04. The van der Waals surface area contributed by atoms with Crippen molar-refractivity contribution in [1.82, 2.24) is 5.32 Å². The van der Waals surface area contributed by atoms with E-state index in [1.54, 1.807) is 18.2 Å². The van der Waals surface area contributed by atoms with Gasteiger partial charge in [0.15, 0.2) is 43.1 Å². The normalized spacial score (nSPS) is 27.0. The van der Waals surface area contributed by atoms with Gasteiger partial charge in [0.1, 0.15) is 30.6 Å². The minimum atomic E-state index is -2.61. The molecule has 2 aliphatic heterocycles. The van der Waals surface area contributed by atoms with Gasteiger partial charge in [-0.25, -0.2) is 4.79 Å². The maximum absolute atomic E-state index is 13.2. The largest absolute Gasteiger partial charge is 0.514 e. The number of para-hydroxylation sites is 1. The van der Waals surface area contributed by atoms with Gasteiger partial charge in [-0.2, -0.15) is 0 Å². The average Bonchev–Trinajstić information content (AvgIpc) is 3.40. The number of ether oxygens (including phenoxy) is 10. The number of benzene rings is 1. The van der Waals surface area contributed by atoms with Crippen LogP contribution >= 0.6 is 34.8 Å². The fourth-order valence-electron chi connectivity index (χ4n) is 5.26. The van der Waals surface area contributed by atoms with E-state index in [1.165, 1.54) is 24.3 Å². The van der Waals surface area contributed by atoms with Crippen molar-refractivity contribution in [2.24, 2.45) is 5.73 Å². The van der Waals surface area contributed by atoms with Gasteiger partial charge in [0.25, 0.3) is 9.70 Å². The van der Waals surface area contributed by atoms with Gasteiger partial charge < -0.3 is 58.4 Å². The molecule has 2 saturated heterocycles. The van der Waals surface area contributed by atoms with Crippen LogP contribution in [-0.4, -0.2) is 121 Å². The van der Waals surface area contributed by atoms with Gasteiger partial charge in [-0.1, -0.05) is 65.2 Å². The van der Waals surface area contributed by atoms with E-state index in [1.807, 2.05) is 0 Å². The molecule has 2 aliphatic rings. The van der Waals surface area contributed by atoms with E-state index in [9.17, 15) is 28.8 Å². The molecule has 3 N–H and O–H groups in total. The van der Waals surface area contributed by atoms with Crippen LogP contribution in [-0.2, 0) is 66.6 Å². The first-order chi connectivity index (χ1) is 25.5. The molecule has 1 aromatic carbocycles. The topological polar surface area (TPSA) is 233 Å². The number of hydrogen-bond donors (Lipinski definition) is 2. The Morgan fingerprint density at radius 3 is 2.04 bits per heavy atom. The van der Waals surface area contributed by atoms with E-state index < -0.39 is 108 Å². The molecule has 298 valence electrons. The molecular formula is C33H39Cl3N2O16. The number of hydrogen-bond acceptors (Lipinski definition) is 16. The molecule has 0 aromatic heterocycles. The van der Waals surface area contributed by atoms with E-state index in [4.69, 9.17) is 87.9 Å². The van der Waals surface area contributed by atoms with Gasteiger partial charge in [-0.3, -0.25) is 24.0 Å². The number of carbonyl (C=O) groups excluding carboxylic acids is 6. The maximum atomic E-state index is 13.2. The number of rotatable bonds is 17. The van der Waals surface area contributed by atoms with Crippen molar-refractivity contribution >= 4 is 70.7 Å². The number of esters is 3. The highest BCUT2D eigenvalue weighted by molar-refractivity contribution is 6.76. The number of amides is 2. The van der Waals surface area contributed by atoms with Crippen LogP contribution in [0.3, 0.4) is 0 Å². The molecule has 1 aromatic rings. The molecule has 0 saturated carbocycles. The van der Waals surface area contributed by atoms with Gasteiger partial charge in [0.2, 0.25) is 5.91 Å². The predicted octanol–water partition coefficient (Wildman–Crippen LogP) is 1.95. The third-order valence-electron chi connectivity index (χ3n) is 7.28. The molecule has 18 nitrogen and oxygen atoms in total. The summed E-state index contributed by atoms with van der Waals surface area (Å²) < 4.78 is 54.3. The van der Waals surface area contributed by atoms with Crippen molar-refractivity contribution in [3.8, 4) is 5.75 Å². The number of halogens is 3. The number of nitrogens with one attached hydrogen (secondary N) is 1. The summed E-state index contributed by atoms with van der Waals surface area (Å²) in [5, 5.41) is 2.35. The molecule has 2 heterocycles. The van der Waals surface area contributed by atoms with E-state index in [2.05, 4.69) is 18.5 Å². The Kier molecular flexibility index (Phi) is 16.9. The highest BCUT2D eigenvalue weighted by Gasteiger charge is 2.58. The summed E-state index contributed by atoms with van der Waals surface area (Å²) in [5.74, 6) is -4.88. The highest BCUT2D eigenvalue weighted by atomic mass is 35.6. The van der Waals surface area contributed by atoms with Crippen LogP contribution in [0, 0.1) is 0 Å². The summed E-state index contributed by atoms with van der Waals surface area (Å²) in [4.78, 5) is 75.6. The van der Waals surface area contributed by atoms with E-state index in [-0.39, 0.29) is 19.0 Å². The second-order valence-corrected chi connectivity index (χ2v) is 13.7. The maximum Gasteiger partial charge on any atom is 0.514 e. The van der Waals surface area contributed by atoms with E-state index in [0.717, 1.165) is 20.8 Å². The van der Waals surface area contributed by atoms with Gasteiger partial charge in [-0.05, 0) is 12.1 Å². The van der Waals surface area contributed by atoms with Crippen molar-refractivity contribution in [2.45, 2.75) is 85.9 Å². The smallest absolute Gasteiger partial charge is 0.463 e. The summed E-state index contributed by atoms with van der Waals surface area (Å²) in [6.07, 6.45) is -13.4. The predicted molar refractivity (Wildman–Crippen MR) is 185 cm³/mol. The zero-order valence-corrected chi connectivity index (χ0v) is 31.4. The SMILES string of the molecule is C=CCO[C@@H]1O[C@H]([C@H](OCC=C)C(N)=O)[C@H](OC(=O)Oc2ccccc2)[C@H]1O[C@@H]1O[C@H](COC(C)=O)[C@@H](OC(C)=O)[C@H](OC(C)=O)[C@H]1NC(=O)C(Cl)(Cl)Cl. The van der Waals surface area contributed by atoms with Crippen LogP contribution in [0.25, 0.3) is 0 Å². The van der Waals surface area contributed by atoms with Crippen LogP contribution in [0.15, 0.2) is 55.6 Å². The molecule has 0 aliphatic carbocycles. The standard InChI is InChI=1S/C33H39Cl3N2O16/c1-6-13-45-26(28(37)42)24-25(54-32(44)50-19-11-9-8-10-12-19)27(30(52-24)46-14-7-2)53-29-21(38-31(43)33(34,35)36)23(49-18(5)41)22(48-17(4)40)20(51-29)15-47-16(3)39/h6-12,20-27,29-30H,1-2,13-15H2,3-5H3,(H2,37,42)(H,38,43)/t20-,21-,22-,23-,24+,25+,26+,27-,29+,30-/m1/s1. The number of primary amides is 1. The number of carbonyl (C=O) groups is 6. The lowest BCUT2D eigenvalue weighted by Gasteiger charge is -2.46. The first-order valence-electron chi connectivity index (χ1n) is 16.0. The molecular weight excluding hydrogens is 787 g/mol. The fourth-order valence-corrected chi connectivity index (χ4v) is 5.42. The molecule has 3 rings (SSSR count). The molecule has 54 heavy (non-hydrogen) atoms. The van der Waals surface area contributed by atoms with Gasteiger partial charge in [0.05, 0.1) is 13.2 Å². The molecule has 0 bridgehead atoms. The zero-order valence-electron chi connectivity index (χ0n) is 29.1. The molecule has 21 heteroatoms. The number of alkyl halides is 3. The molecule has 0 unspecified atom stereocenters. The second kappa shape index (κ2) is 20.6. The minimum absolute atomic E-state index is 0.0726. The second-order valence-electron chi connectivity index (χ2n) is 11.4. The Morgan fingerprint density at radius 2 is 1.48 bits per heavy atom. The quantitative estimate of drug-likeness (QED) is 0.0751. The fraction of sp³-hybridized carbons (Fsp3) is 0.515. The van der Waals surface area contributed by atoms with E-state index >= 15 is 0 Å². The van der Waals surface area contributed by atoms with Crippen molar-refractivity contribution in [3.05, 3.63) is 55.6 Å². The lowest BCUT2D eigenvalue weighted by molar-refractivity contribution is -0.304. The molecule has 0 spiro atoms. The Hall–Kier alpha value is -4.01. The van der Waals surface area contributed by atoms with Gasteiger partial charge >= 0.3 is 24.1 Å². The van der Waals surface area contributed by atoms with Crippen LogP contribution in [0.5, 0.6) is 5.75 Å². The third-order valence-corrected chi connectivity index (χ3v) is 7.80. The molecule has 2 fully saturated rings. The first-order valence-corrected chi connectivity index (χ1v) is 17.1. The van der Waals surface area contributed by atoms with Crippen LogP contribution < -0.4 is 15.8 Å². The van der Waals surface area contributed by atoms with Crippen molar-refractivity contribution < 1.29 is 76.1 Å². The molecule has 2 amide bonds.